The van der Waals surface area contributed by atoms with E-state index in [0.717, 1.165) is 16.9 Å². The number of rotatable bonds is 10. The highest BCUT2D eigenvalue weighted by Gasteiger charge is 2.43. The molecular weight excluding hydrogens is 554 g/mol. The van der Waals surface area contributed by atoms with Crippen molar-refractivity contribution in [2.75, 3.05) is 13.1 Å². The monoisotopic (exact) mass is 603 g/mol. The van der Waals surface area contributed by atoms with E-state index in [1.807, 2.05) is 35.2 Å². The molecule has 43 heavy (non-hydrogen) atoms. The highest BCUT2D eigenvalue weighted by atomic mass is 16.6. The second-order valence-electron chi connectivity index (χ2n) is 13.7. The summed E-state index contributed by atoms with van der Waals surface area (Å²) in [4.78, 5) is 69.4. The summed E-state index contributed by atoms with van der Waals surface area (Å²) in [5.41, 5.74) is -1.50. The van der Waals surface area contributed by atoms with Gasteiger partial charge in [-0.2, -0.15) is 0 Å². The van der Waals surface area contributed by atoms with Gasteiger partial charge in [-0.15, -0.1) is 0 Å². The average Bonchev–Trinajstić information content (AvgIpc) is 3.30. The van der Waals surface area contributed by atoms with Gasteiger partial charge in [0.05, 0.1) is 6.04 Å². The maximum absolute atomic E-state index is 14.2. The molecule has 0 aromatic heterocycles. The SMILES string of the molecule is CC(C)(C)OC(=O)CC[C@@H](C(=O)OC(C)(C)C)N(C(=O)CNC(=O)OC(C)(C)C)C(=O)[C@@H]1CCCN1Cc1ccccc1. The summed E-state index contributed by atoms with van der Waals surface area (Å²) in [7, 11) is 0. The zero-order valence-corrected chi connectivity index (χ0v) is 27.2. The molecule has 0 bridgehead atoms. The predicted octanol–water partition coefficient (Wildman–Crippen LogP) is 4.36. The molecule has 1 aliphatic heterocycles. The number of benzene rings is 1. The van der Waals surface area contributed by atoms with E-state index < -0.39 is 65.3 Å². The molecule has 1 aliphatic rings. The quantitative estimate of drug-likeness (QED) is 0.306. The summed E-state index contributed by atoms with van der Waals surface area (Å²) in [5, 5.41) is 2.39. The summed E-state index contributed by atoms with van der Waals surface area (Å²) in [6.07, 6.45) is -0.101. The molecule has 2 atom stereocenters. The molecule has 1 saturated heterocycles. The number of carbonyl (C=O) groups excluding carboxylic acids is 5. The highest BCUT2D eigenvalue weighted by molar-refractivity contribution is 6.03. The van der Waals surface area contributed by atoms with Crippen LogP contribution in [0, 0.1) is 0 Å². The Morgan fingerprint density at radius 2 is 1.47 bits per heavy atom. The van der Waals surface area contributed by atoms with Gasteiger partial charge >= 0.3 is 18.0 Å². The number of esters is 2. The fourth-order valence-electron chi connectivity index (χ4n) is 4.64. The molecule has 0 radical (unpaired) electrons. The van der Waals surface area contributed by atoms with E-state index in [1.165, 1.54) is 0 Å². The Morgan fingerprint density at radius 1 is 0.884 bits per heavy atom. The van der Waals surface area contributed by atoms with Crippen molar-refractivity contribution in [3.8, 4) is 0 Å². The Hall–Kier alpha value is -3.47. The van der Waals surface area contributed by atoms with Crippen molar-refractivity contribution in [1.29, 1.82) is 0 Å². The highest BCUT2D eigenvalue weighted by Crippen LogP contribution is 2.25. The largest absolute Gasteiger partial charge is 0.460 e. The number of ether oxygens (including phenoxy) is 3. The Bertz CT molecular complexity index is 1130. The third-order valence-electron chi connectivity index (χ3n) is 6.20. The number of likely N-dealkylation sites (tertiary alicyclic amines) is 1. The van der Waals surface area contributed by atoms with Crippen LogP contribution >= 0.6 is 0 Å². The van der Waals surface area contributed by atoms with Crippen LogP contribution in [0.1, 0.15) is 93.6 Å². The second kappa shape index (κ2) is 14.8. The molecule has 0 aliphatic carbocycles. The molecule has 0 unspecified atom stereocenters. The number of nitrogens with one attached hydrogen (secondary N) is 1. The Labute approximate surface area is 255 Å². The maximum atomic E-state index is 14.2. The van der Waals surface area contributed by atoms with E-state index in [4.69, 9.17) is 14.2 Å². The number of amides is 3. The maximum Gasteiger partial charge on any atom is 0.408 e. The zero-order valence-electron chi connectivity index (χ0n) is 27.2. The summed E-state index contributed by atoms with van der Waals surface area (Å²) in [6, 6.07) is 7.52. The lowest BCUT2D eigenvalue weighted by Gasteiger charge is -2.35. The molecule has 1 heterocycles. The van der Waals surface area contributed by atoms with Crippen LogP contribution in [-0.4, -0.2) is 81.6 Å². The molecule has 3 amide bonds. The lowest BCUT2D eigenvalue weighted by Crippen LogP contribution is -2.57. The number of hydrogen-bond acceptors (Lipinski definition) is 9. The van der Waals surface area contributed by atoms with E-state index >= 15 is 0 Å². The number of alkyl carbamates (subject to hydrolysis) is 1. The second-order valence-corrected chi connectivity index (χ2v) is 13.7. The van der Waals surface area contributed by atoms with Crippen LogP contribution in [0.15, 0.2) is 30.3 Å². The fraction of sp³-hybridized carbons (Fsp3) is 0.656. The van der Waals surface area contributed by atoms with Crippen LogP contribution < -0.4 is 5.32 Å². The van der Waals surface area contributed by atoms with Gasteiger partial charge in [0.25, 0.3) is 0 Å². The van der Waals surface area contributed by atoms with Crippen molar-refractivity contribution < 1.29 is 38.2 Å². The van der Waals surface area contributed by atoms with Crippen LogP contribution in [0.3, 0.4) is 0 Å². The third kappa shape index (κ3) is 12.7. The normalized spacial score (nSPS) is 16.6. The van der Waals surface area contributed by atoms with Gasteiger partial charge in [0.1, 0.15) is 29.4 Å². The number of nitrogens with zero attached hydrogens (tertiary/aromatic N) is 2. The molecule has 0 saturated carbocycles. The number of carbonyl (C=O) groups is 5. The average molecular weight is 604 g/mol. The van der Waals surface area contributed by atoms with E-state index in [1.54, 1.807) is 62.3 Å². The summed E-state index contributed by atoms with van der Waals surface area (Å²) in [6.45, 7) is 15.7. The number of hydrogen-bond donors (Lipinski definition) is 1. The molecule has 240 valence electrons. The number of imide groups is 1. The standard InChI is InChI=1S/C32H49N3O8/c1-30(2,3)41-26(37)18-17-24(28(39)42-31(4,5)6)35(25(36)20-33-29(40)43-32(7,8)9)27(38)23-16-13-19-34(23)21-22-14-11-10-12-15-22/h10-12,14-15,23-24H,13,16-21H2,1-9H3,(H,33,40)/t23-,24-/m0/s1. The lowest BCUT2D eigenvalue weighted by atomic mass is 10.0. The topological polar surface area (TPSA) is 132 Å². The van der Waals surface area contributed by atoms with E-state index in [2.05, 4.69) is 5.32 Å². The Balaban J connectivity index is 2.43. The minimum absolute atomic E-state index is 0.209. The lowest BCUT2D eigenvalue weighted by molar-refractivity contribution is -0.171. The molecule has 1 aromatic carbocycles. The van der Waals surface area contributed by atoms with Crippen molar-refractivity contribution in [2.45, 2.75) is 123 Å². The van der Waals surface area contributed by atoms with Gasteiger partial charge in [-0.1, -0.05) is 30.3 Å². The van der Waals surface area contributed by atoms with Crippen LogP contribution in [0.5, 0.6) is 0 Å². The van der Waals surface area contributed by atoms with Crippen LogP contribution in [0.25, 0.3) is 0 Å². The molecular formula is C32H49N3O8. The zero-order chi connectivity index (χ0) is 32.6. The first kappa shape index (κ1) is 35.7. The Kier molecular flexibility index (Phi) is 12.3. The summed E-state index contributed by atoms with van der Waals surface area (Å²) in [5.74, 6) is -2.83. The van der Waals surface area contributed by atoms with Crippen LogP contribution in [0.2, 0.25) is 0 Å². The molecule has 1 N–H and O–H groups in total. The fourth-order valence-corrected chi connectivity index (χ4v) is 4.64. The van der Waals surface area contributed by atoms with Crippen molar-refractivity contribution >= 4 is 29.8 Å². The van der Waals surface area contributed by atoms with Crippen molar-refractivity contribution in [1.82, 2.24) is 15.1 Å². The molecule has 0 spiro atoms. The van der Waals surface area contributed by atoms with Gasteiger partial charge in [0, 0.05) is 13.0 Å². The van der Waals surface area contributed by atoms with E-state index in [0.29, 0.717) is 19.5 Å². The minimum atomic E-state index is -1.42. The van der Waals surface area contributed by atoms with E-state index in [9.17, 15) is 24.0 Å². The Morgan fingerprint density at radius 3 is 2.02 bits per heavy atom. The van der Waals surface area contributed by atoms with Gasteiger partial charge in [-0.05, 0) is 93.7 Å². The molecule has 1 fully saturated rings. The first-order valence-corrected chi connectivity index (χ1v) is 14.8. The van der Waals surface area contributed by atoms with Gasteiger partial charge in [0.2, 0.25) is 11.8 Å². The summed E-state index contributed by atoms with van der Waals surface area (Å²) < 4.78 is 16.3. The van der Waals surface area contributed by atoms with E-state index in [-0.39, 0.29) is 12.8 Å². The molecule has 11 heteroatoms. The smallest absolute Gasteiger partial charge is 0.408 e. The first-order chi connectivity index (χ1) is 19.8. The van der Waals surface area contributed by atoms with Gasteiger partial charge < -0.3 is 19.5 Å². The van der Waals surface area contributed by atoms with Crippen molar-refractivity contribution in [3.63, 3.8) is 0 Å². The summed E-state index contributed by atoms with van der Waals surface area (Å²) >= 11 is 0. The first-order valence-electron chi connectivity index (χ1n) is 14.8. The third-order valence-corrected chi connectivity index (χ3v) is 6.20. The van der Waals surface area contributed by atoms with Gasteiger partial charge in [-0.25, -0.2) is 9.59 Å². The van der Waals surface area contributed by atoms with Crippen LogP contribution in [0.4, 0.5) is 4.79 Å². The van der Waals surface area contributed by atoms with Crippen molar-refractivity contribution in [2.24, 2.45) is 0 Å². The molecule has 11 nitrogen and oxygen atoms in total. The molecule has 1 aromatic rings. The van der Waals surface area contributed by atoms with Gasteiger partial charge in [-0.3, -0.25) is 24.2 Å². The molecule has 2 rings (SSSR count). The predicted molar refractivity (Wildman–Crippen MR) is 161 cm³/mol. The minimum Gasteiger partial charge on any atom is -0.460 e. The van der Waals surface area contributed by atoms with Crippen molar-refractivity contribution in [3.05, 3.63) is 35.9 Å². The van der Waals surface area contributed by atoms with Crippen LogP contribution in [-0.2, 0) is 39.9 Å². The van der Waals surface area contributed by atoms with Gasteiger partial charge in [0.15, 0.2) is 0 Å².